The molecule has 6 nitrogen and oxygen atoms in total. The van der Waals surface area contributed by atoms with E-state index in [2.05, 4.69) is 10.4 Å². The summed E-state index contributed by atoms with van der Waals surface area (Å²) in [5, 5.41) is 0. The van der Waals surface area contributed by atoms with Gasteiger partial charge in [-0.1, -0.05) is 20.8 Å². The quantitative estimate of drug-likeness (QED) is 0.679. The molecule has 1 aromatic rings. The van der Waals surface area contributed by atoms with Gasteiger partial charge in [0.1, 0.15) is 5.82 Å². The number of nitrogen functional groups attached to an aromatic ring is 1. The Kier molecular flexibility index (Phi) is 2.78. The number of anilines is 1. The molecule has 0 aliphatic heterocycles. The molecule has 1 amide bonds. The molecule has 0 spiro atoms. The predicted molar refractivity (Wildman–Crippen MR) is 56.7 cm³/mol. The van der Waals surface area contributed by atoms with Crippen LogP contribution in [0.4, 0.5) is 5.82 Å². The molecule has 0 fully saturated rings. The highest BCUT2D eigenvalue weighted by Crippen LogP contribution is 2.12. The number of carbonyl (C=O) groups is 1. The molecule has 0 aliphatic carbocycles. The van der Waals surface area contributed by atoms with Gasteiger partial charge < -0.3 is 5.73 Å². The zero-order valence-electron chi connectivity index (χ0n) is 8.94. The summed E-state index contributed by atoms with van der Waals surface area (Å²) in [6.07, 6.45) is 1.37. The molecule has 0 saturated heterocycles. The van der Waals surface area contributed by atoms with Crippen LogP contribution in [0.3, 0.4) is 0 Å². The molecule has 82 valence electrons. The van der Waals surface area contributed by atoms with Gasteiger partial charge in [-0.2, -0.15) is 4.98 Å². The van der Waals surface area contributed by atoms with Crippen LogP contribution in [0.2, 0.25) is 0 Å². The van der Waals surface area contributed by atoms with Crippen molar-refractivity contribution in [2.75, 3.05) is 11.2 Å². The molecule has 0 saturated carbocycles. The van der Waals surface area contributed by atoms with Gasteiger partial charge in [0.05, 0.1) is 0 Å². The number of nitrogens with two attached hydrogens (primary N) is 1. The van der Waals surface area contributed by atoms with Crippen LogP contribution >= 0.6 is 0 Å². The lowest BCUT2D eigenvalue weighted by Crippen LogP contribution is -2.39. The van der Waals surface area contributed by atoms with Crippen molar-refractivity contribution >= 4 is 11.7 Å². The minimum Gasteiger partial charge on any atom is -0.383 e. The van der Waals surface area contributed by atoms with Gasteiger partial charge >= 0.3 is 5.69 Å². The molecule has 3 N–H and O–H groups in total. The first-order chi connectivity index (χ1) is 6.80. The average molecular weight is 210 g/mol. The zero-order chi connectivity index (χ0) is 11.6. The second-order valence-electron chi connectivity index (χ2n) is 4.20. The van der Waals surface area contributed by atoms with Crippen LogP contribution in [0.1, 0.15) is 20.8 Å². The van der Waals surface area contributed by atoms with E-state index in [0.29, 0.717) is 0 Å². The fourth-order valence-electron chi connectivity index (χ4n) is 0.778. The van der Waals surface area contributed by atoms with E-state index in [9.17, 15) is 9.59 Å². The molecule has 0 aromatic carbocycles. The predicted octanol–water partition coefficient (Wildman–Crippen LogP) is -0.0583. The molecule has 1 aromatic heterocycles. The first kappa shape index (κ1) is 11.2. The molecule has 15 heavy (non-hydrogen) atoms. The highest BCUT2D eigenvalue weighted by Gasteiger charge is 2.21. The van der Waals surface area contributed by atoms with E-state index in [-0.39, 0.29) is 11.7 Å². The number of rotatable bonds is 1. The summed E-state index contributed by atoms with van der Waals surface area (Å²) in [4.78, 5) is 26.3. The van der Waals surface area contributed by atoms with Gasteiger partial charge in [-0.15, -0.1) is 0 Å². The number of nitrogens with zero attached hydrogens (tertiary/aromatic N) is 2. The number of hydrogen-bond donors (Lipinski definition) is 2. The van der Waals surface area contributed by atoms with Crippen LogP contribution in [-0.4, -0.2) is 15.6 Å². The number of aromatic nitrogens is 2. The maximum atomic E-state index is 11.5. The minimum atomic E-state index is -0.604. The smallest absolute Gasteiger partial charge is 0.368 e. The van der Waals surface area contributed by atoms with Crippen LogP contribution in [0.25, 0.3) is 0 Å². The van der Waals surface area contributed by atoms with Gasteiger partial charge in [-0.3, -0.25) is 10.2 Å². The summed E-state index contributed by atoms with van der Waals surface area (Å²) >= 11 is 0. The monoisotopic (exact) mass is 210 g/mol. The molecule has 1 heterocycles. The van der Waals surface area contributed by atoms with Crippen molar-refractivity contribution in [3.8, 4) is 0 Å². The fourth-order valence-corrected chi connectivity index (χ4v) is 0.778. The van der Waals surface area contributed by atoms with E-state index in [0.717, 1.165) is 4.68 Å². The first-order valence-electron chi connectivity index (χ1n) is 4.47. The topological polar surface area (TPSA) is 90.0 Å². The van der Waals surface area contributed by atoms with Gasteiger partial charge in [0, 0.05) is 11.6 Å². The third kappa shape index (κ3) is 2.80. The lowest BCUT2D eigenvalue weighted by atomic mass is 9.96. The third-order valence-electron chi connectivity index (χ3n) is 1.73. The molecule has 0 atom stereocenters. The molecular weight excluding hydrogens is 196 g/mol. The van der Waals surface area contributed by atoms with Gasteiger partial charge in [0.2, 0.25) is 5.91 Å². The zero-order valence-corrected chi connectivity index (χ0v) is 8.94. The third-order valence-corrected chi connectivity index (χ3v) is 1.73. The van der Waals surface area contributed by atoms with Gasteiger partial charge in [0.25, 0.3) is 0 Å². The average Bonchev–Trinajstić information content (AvgIpc) is 2.08. The molecule has 0 bridgehead atoms. The standard InChI is InChI=1S/C9H14N4O2/c1-9(2,3)7(14)12-13-5-4-6(10)11-8(13)15/h4-5H,1-3H3,(H,12,14)(H2,10,11,15). The summed E-state index contributed by atoms with van der Waals surface area (Å²) in [5.74, 6) is -0.141. The second kappa shape index (κ2) is 3.72. The first-order valence-corrected chi connectivity index (χ1v) is 4.47. The minimum absolute atomic E-state index is 0.126. The van der Waals surface area contributed by atoms with E-state index in [1.807, 2.05) is 0 Å². The SMILES string of the molecule is CC(C)(C)C(=O)Nn1ccc(N)nc1=O. The van der Waals surface area contributed by atoms with Crippen LogP contribution in [-0.2, 0) is 4.79 Å². The van der Waals surface area contributed by atoms with E-state index in [4.69, 9.17) is 5.73 Å². The van der Waals surface area contributed by atoms with Crippen LogP contribution in [0.5, 0.6) is 0 Å². The number of amides is 1. The Bertz CT molecular complexity index is 430. The van der Waals surface area contributed by atoms with Crippen molar-refractivity contribution in [1.29, 1.82) is 0 Å². The van der Waals surface area contributed by atoms with Crippen molar-refractivity contribution in [3.63, 3.8) is 0 Å². The Morgan fingerprint density at radius 2 is 2.13 bits per heavy atom. The second-order valence-corrected chi connectivity index (χ2v) is 4.20. The molecule has 0 radical (unpaired) electrons. The number of nitrogens with one attached hydrogen (secondary N) is 1. The molecular formula is C9H14N4O2. The summed E-state index contributed by atoms with van der Waals surface area (Å²) in [6, 6.07) is 1.43. The number of hydrogen-bond acceptors (Lipinski definition) is 4. The maximum Gasteiger partial charge on any atom is 0.368 e. The van der Waals surface area contributed by atoms with E-state index >= 15 is 0 Å². The Morgan fingerprint density at radius 3 is 2.60 bits per heavy atom. The van der Waals surface area contributed by atoms with E-state index in [1.54, 1.807) is 20.8 Å². The highest BCUT2D eigenvalue weighted by atomic mass is 16.2. The summed E-state index contributed by atoms with van der Waals surface area (Å²) < 4.78 is 1.00. The van der Waals surface area contributed by atoms with Crippen molar-refractivity contribution < 1.29 is 4.79 Å². The highest BCUT2D eigenvalue weighted by molar-refractivity contribution is 5.88. The van der Waals surface area contributed by atoms with E-state index < -0.39 is 11.1 Å². The Morgan fingerprint density at radius 1 is 1.53 bits per heavy atom. The van der Waals surface area contributed by atoms with Crippen molar-refractivity contribution in [1.82, 2.24) is 9.66 Å². The van der Waals surface area contributed by atoms with E-state index in [1.165, 1.54) is 12.3 Å². The Hall–Kier alpha value is -1.85. The summed E-state index contributed by atoms with van der Waals surface area (Å²) in [7, 11) is 0. The maximum absolute atomic E-state index is 11.5. The fraction of sp³-hybridized carbons (Fsp3) is 0.444. The van der Waals surface area contributed by atoms with Crippen LogP contribution < -0.4 is 16.8 Å². The summed E-state index contributed by atoms with van der Waals surface area (Å²) in [5.41, 5.74) is 6.56. The lowest BCUT2D eigenvalue weighted by molar-refractivity contribution is -0.124. The van der Waals surface area contributed by atoms with Gasteiger partial charge in [-0.05, 0) is 6.07 Å². The Balaban J connectivity index is 2.92. The molecule has 6 heteroatoms. The van der Waals surface area contributed by atoms with Crippen molar-refractivity contribution in [3.05, 3.63) is 22.7 Å². The number of carbonyl (C=O) groups excluding carboxylic acids is 1. The van der Waals surface area contributed by atoms with Crippen molar-refractivity contribution in [2.45, 2.75) is 20.8 Å². The normalized spacial score (nSPS) is 11.1. The van der Waals surface area contributed by atoms with Crippen molar-refractivity contribution in [2.24, 2.45) is 5.41 Å². The summed E-state index contributed by atoms with van der Waals surface area (Å²) in [6.45, 7) is 5.24. The van der Waals surface area contributed by atoms with Gasteiger partial charge in [-0.25, -0.2) is 9.47 Å². The lowest BCUT2D eigenvalue weighted by Gasteiger charge is -2.18. The largest absolute Gasteiger partial charge is 0.383 e. The Labute approximate surface area is 87.1 Å². The molecule has 1 rings (SSSR count). The molecule has 0 unspecified atom stereocenters. The van der Waals surface area contributed by atoms with Crippen LogP contribution in [0.15, 0.2) is 17.1 Å². The molecule has 0 aliphatic rings. The van der Waals surface area contributed by atoms with Crippen LogP contribution in [0, 0.1) is 5.41 Å². The van der Waals surface area contributed by atoms with Gasteiger partial charge in [0.15, 0.2) is 0 Å².